The first-order chi connectivity index (χ1) is 10.6. The van der Waals surface area contributed by atoms with Crippen LogP contribution in [-0.4, -0.2) is 52.9 Å². The molecule has 0 N–H and O–H groups in total. The summed E-state index contributed by atoms with van der Waals surface area (Å²) in [4.78, 5) is 21.3. The summed E-state index contributed by atoms with van der Waals surface area (Å²) in [5.41, 5.74) is 1.12. The van der Waals surface area contributed by atoms with Crippen molar-refractivity contribution in [1.82, 2.24) is 14.8 Å². The molecule has 0 bridgehead atoms. The van der Waals surface area contributed by atoms with Gasteiger partial charge in [-0.25, -0.2) is 0 Å². The number of nitrogens with zero attached hydrogens (tertiary/aromatic N) is 3. The number of likely N-dealkylation sites (tertiary alicyclic amines) is 2. The van der Waals surface area contributed by atoms with Gasteiger partial charge in [0.1, 0.15) is 0 Å². The molecular formula is C18H27N3O. The van der Waals surface area contributed by atoms with Crippen LogP contribution in [0.1, 0.15) is 49.9 Å². The highest BCUT2D eigenvalue weighted by molar-refractivity contribution is 5.94. The van der Waals surface area contributed by atoms with Gasteiger partial charge >= 0.3 is 0 Å². The second-order valence-electron chi connectivity index (χ2n) is 7.20. The molecule has 1 aromatic rings. The van der Waals surface area contributed by atoms with Gasteiger partial charge in [0, 0.05) is 37.1 Å². The van der Waals surface area contributed by atoms with Crippen LogP contribution >= 0.6 is 0 Å². The third-order valence-electron chi connectivity index (χ3n) is 5.46. The highest BCUT2D eigenvalue weighted by atomic mass is 16.2. The molecule has 22 heavy (non-hydrogen) atoms. The Bertz CT molecular complexity index is 506. The van der Waals surface area contributed by atoms with Crippen LogP contribution in [0.25, 0.3) is 0 Å². The molecule has 3 rings (SSSR count). The van der Waals surface area contributed by atoms with E-state index >= 15 is 0 Å². The summed E-state index contributed by atoms with van der Waals surface area (Å²) in [5, 5.41) is 0. The van der Waals surface area contributed by atoms with E-state index in [1.165, 1.54) is 32.4 Å². The van der Waals surface area contributed by atoms with E-state index in [4.69, 9.17) is 0 Å². The Labute approximate surface area is 133 Å². The Kier molecular flexibility index (Phi) is 4.48. The lowest BCUT2D eigenvalue weighted by molar-refractivity contribution is 0.0149. The van der Waals surface area contributed by atoms with Gasteiger partial charge < -0.3 is 9.80 Å². The average molecular weight is 301 g/mol. The Hall–Kier alpha value is -1.42. The molecule has 2 aliphatic heterocycles. The number of carbonyl (C=O) groups excluding carboxylic acids is 1. The van der Waals surface area contributed by atoms with E-state index in [1.54, 1.807) is 12.4 Å². The molecule has 0 radical (unpaired) electrons. The number of piperidine rings is 2. The second kappa shape index (κ2) is 6.37. The molecule has 2 fully saturated rings. The molecule has 1 amide bonds. The first-order valence-electron chi connectivity index (χ1n) is 8.53. The lowest BCUT2D eigenvalue weighted by Gasteiger charge is -2.48. The number of hydrogen-bond acceptors (Lipinski definition) is 3. The van der Waals surface area contributed by atoms with Crippen LogP contribution in [-0.2, 0) is 0 Å². The van der Waals surface area contributed by atoms with Crippen LogP contribution in [0.2, 0.25) is 0 Å². The van der Waals surface area contributed by atoms with Gasteiger partial charge in [-0.1, -0.05) is 0 Å². The highest BCUT2D eigenvalue weighted by Crippen LogP contribution is 2.40. The lowest BCUT2D eigenvalue weighted by atomic mass is 9.72. The number of hydrogen-bond donors (Lipinski definition) is 0. The van der Waals surface area contributed by atoms with Gasteiger partial charge in [0.2, 0.25) is 0 Å². The van der Waals surface area contributed by atoms with Crippen LogP contribution in [0.4, 0.5) is 0 Å². The molecule has 1 aromatic heterocycles. The van der Waals surface area contributed by atoms with Crippen molar-refractivity contribution in [2.45, 2.75) is 45.6 Å². The molecule has 0 aliphatic carbocycles. The van der Waals surface area contributed by atoms with Crippen molar-refractivity contribution in [3.63, 3.8) is 0 Å². The van der Waals surface area contributed by atoms with Crippen molar-refractivity contribution in [3.05, 3.63) is 30.1 Å². The van der Waals surface area contributed by atoms with E-state index < -0.39 is 0 Å². The van der Waals surface area contributed by atoms with Crippen LogP contribution in [0, 0.1) is 5.41 Å². The zero-order valence-electron chi connectivity index (χ0n) is 13.8. The number of aromatic nitrogens is 1. The van der Waals surface area contributed by atoms with Gasteiger partial charge in [0.15, 0.2) is 0 Å². The van der Waals surface area contributed by atoms with E-state index in [9.17, 15) is 4.79 Å². The van der Waals surface area contributed by atoms with E-state index in [-0.39, 0.29) is 5.91 Å². The Morgan fingerprint density at radius 1 is 1.14 bits per heavy atom. The Balaban J connectivity index is 1.66. The second-order valence-corrected chi connectivity index (χ2v) is 7.20. The smallest absolute Gasteiger partial charge is 0.253 e. The predicted octanol–water partition coefficient (Wildman–Crippen LogP) is 2.81. The van der Waals surface area contributed by atoms with E-state index in [0.29, 0.717) is 11.5 Å². The third-order valence-corrected chi connectivity index (χ3v) is 5.46. The summed E-state index contributed by atoms with van der Waals surface area (Å²) in [7, 11) is 0. The van der Waals surface area contributed by atoms with Crippen molar-refractivity contribution in [3.8, 4) is 0 Å². The van der Waals surface area contributed by atoms with Gasteiger partial charge in [-0.3, -0.25) is 9.78 Å². The normalized spacial score (nSPS) is 22.2. The van der Waals surface area contributed by atoms with Crippen molar-refractivity contribution in [1.29, 1.82) is 0 Å². The van der Waals surface area contributed by atoms with Crippen LogP contribution in [0.15, 0.2) is 24.5 Å². The quantitative estimate of drug-likeness (QED) is 0.843. The van der Waals surface area contributed by atoms with E-state index in [0.717, 1.165) is 25.1 Å². The number of amides is 1. The number of rotatable bonds is 2. The van der Waals surface area contributed by atoms with Crippen molar-refractivity contribution in [2.24, 2.45) is 5.41 Å². The van der Waals surface area contributed by atoms with E-state index in [1.807, 2.05) is 12.1 Å². The molecule has 1 spiro atoms. The maximum atomic E-state index is 12.7. The topological polar surface area (TPSA) is 36.4 Å². The fraction of sp³-hybridized carbons (Fsp3) is 0.667. The lowest BCUT2D eigenvalue weighted by Crippen LogP contribution is -2.52. The summed E-state index contributed by atoms with van der Waals surface area (Å²) in [5.74, 6) is 0.174. The van der Waals surface area contributed by atoms with Crippen molar-refractivity contribution < 1.29 is 4.79 Å². The molecule has 2 saturated heterocycles. The first kappa shape index (κ1) is 15.5. The first-order valence-corrected chi connectivity index (χ1v) is 8.53. The standard InChI is InChI=1S/C18H27N3O/c1-15(2)20-12-7-18(8-13-20)6-3-11-21(14-18)17(22)16-4-9-19-10-5-16/h4-5,9-10,15H,3,6-8,11-14H2,1-2H3. The van der Waals surface area contributed by atoms with Crippen LogP contribution < -0.4 is 0 Å². The number of carbonyl (C=O) groups is 1. The van der Waals surface area contributed by atoms with Crippen LogP contribution in [0.5, 0.6) is 0 Å². The average Bonchev–Trinajstić information content (AvgIpc) is 2.55. The molecular weight excluding hydrogens is 274 g/mol. The van der Waals surface area contributed by atoms with Gasteiger partial charge in [-0.2, -0.15) is 0 Å². The molecule has 0 atom stereocenters. The molecule has 0 aromatic carbocycles. The molecule has 3 heterocycles. The largest absolute Gasteiger partial charge is 0.338 e. The third kappa shape index (κ3) is 3.17. The SMILES string of the molecule is CC(C)N1CCC2(CCCN(C(=O)c3ccncc3)C2)CC1. The molecule has 0 unspecified atom stereocenters. The maximum absolute atomic E-state index is 12.7. The molecule has 2 aliphatic rings. The predicted molar refractivity (Wildman–Crippen MR) is 87.8 cm³/mol. The minimum atomic E-state index is 0.174. The monoisotopic (exact) mass is 301 g/mol. The Morgan fingerprint density at radius 2 is 1.82 bits per heavy atom. The molecule has 120 valence electrons. The molecule has 0 saturated carbocycles. The summed E-state index contributed by atoms with van der Waals surface area (Å²) < 4.78 is 0. The summed E-state index contributed by atoms with van der Waals surface area (Å²) in [6.07, 6.45) is 8.27. The summed E-state index contributed by atoms with van der Waals surface area (Å²) in [6.45, 7) is 8.73. The maximum Gasteiger partial charge on any atom is 0.253 e. The van der Waals surface area contributed by atoms with Gasteiger partial charge in [0.25, 0.3) is 5.91 Å². The fourth-order valence-electron chi connectivity index (χ4n) is 3.98. The minimum Gasteiger partial charge on any atom is -0.338 e. The van der Waals surface area contributed by atoms with Crippen LogP contribution in [0.3, 0.4) is 0 Å². The fourth-order valence-corrected chi connectivity index (χ4v) is 3.98. The highest BCUT2D eigenvalue weighted by Gasteiger charge is 2.40. The van der Waals surface area contributed by atoms with Gasteiger partial charge in [0.05, 0.1) is 0 Å². The van der Waals surface area contributed by atoms with Crippen molar-refractivity contribution >= 4 is 5.91 Å². The zero-order chi connectivity index (χ0) is 15.6. The molecule has 4 nitrogen and oxygen atoms in total. The van der Waals surface area contributed by atoms with Gasteiger partial charge in [-0.05, 0) is 70.2 Å². The van der Waals surface area contributed by atoms with E-state index in [2.05, 4.69) is 28.6 Å². The number of pyridine rings is 1. The minimum absolute atomic E-state index is 0.174. The summed E-state index contributed by atoms with van der Waals surface area (Å²) in [6, 6.07) is 4.28. The zero-order valence-corrected chi connectivity index (χ0v) is 13.8. The van der Waals surface area contributed by atoms with Gasteiger partial charge in [-0.15, -0.1) is 0 Å². The Morgan fingerprint density at radius 3 is 2.45 bits per heavy atom. The van der Waals surface area contributed by atoms with Crippen molar-refractivity contribution in [2.75, 3.05) is 26.2 Å². The molecule has 4 heteroatoms. The summed E-state index contributed by atoms with van der Waals surface area (Å²) >= 11 is 0.